The molecule has 0 spiro atoms. The van der Waals surface area contributed by atoms with E-state index >= 15 is 0 Å². The van der Waals surface area contributed by atoms with Crippen LogP contribution in [0, 0.1) is 5.82 Å². The molecule has 0 unspecified atom stereocenters. The van der Waals surface area contributed by atoms with Gasteiger partial charge in [-0.25, -0.2) is 9.37 Å². The van der Waals surface area contributed by atoms with Crippen molar-refractivity contribution in [1.29, 1.82) is 0 Å². The summed E-state index contributed by atoms with van der Waals surface area (Å²) in [5.41, 5.74) is 1.50. The Morgan fingerprint density at radius 3 is 2.70 bits per heavy atom. The van der Waals surface area contributed by atoms with Gasteiger partial charge in [0, 0.05) is 21.5 Å². The monoisotopic (exact) mass is 398 g/mol. The van der Waals surface area contributed by atoms with E-state index in [9.17, 15) is 14.0 Å². The standard InChI is InChI=1S/C20H12ClFN2O2S/c21-14-6-4-12(5-7-14)16-10-27-19-18(16)20(26)24(11-23-19)9-17(25)13-2-1-3-15(22)8-13/h1-8,10-11H,9H2. The molecule has 0 aliphatic heterocycles. The van der Waals surface area contributed by atoms with Crippen molar-refractivity contribution < 1.29 is 9.18 Å². The molecule has 0 fully saturated rings. The summed E-state index contributed by atoms with van der Waals surface area (Å²) in [6, 6.07) is 12.6. The number of fused-ring (bicyclic) bond motifs is 1. The minimum atomic E-state index is -0.496. The highest BCUT2D eigenvalue weighted by molar-refractivity contribution is 7.17. The molecule has 4 aromatic rings. The van der Waals surface area contributed by atoms with Crippen LogP contribution in [0.15, 0.2) is 65.0 Å². The van der Waals surface area contributed by atoms with Crippen LogP contribution < -0.4 is 5.56 Å². The first-order chi connectivity index (χ1) is 13.0. The summed E-state index contributed by atoms with van der Waals surface area (Å²) in [6.07, 6.45) is 1.35. The fraction of sp³-hybridized carbons (Fsp3) is 0.0500. The zero-order valence-electron chi connectivity index (χ0n) is 13.9. The molecule has 7 heteroatoms. The van der Waals surface area contributed by atoms with E-state index in [4.69, 9.17) is 11.6 Å². The van der Waals surface area contributed by atoms with Crippen LogP contribution in [-0.2, 0) is 6.54 Å². The van der Waals surface area contributed by atoms with E-state index in [1.54, 1.807) is 12.1 Å². The fourth-order valence-electron chi connectivity index (χ4n) is 2.83. The predicted molar refractivity (Wildman–Crippen MR) is 105 cm³/mol. The molecule has 0 saturated carbocycles. The molecule has 2 heterocycles. The Balaban J connectivity index is 1.76. The largest absolute Gasteiger partial charge is 0.292 e. The summed E-state index contributed by atoms with van der Waals surface area (Å²) >= 11 is 7.30. The van der Waals surface area contributed by atoms with Gasteiger partial charge in [-0.05, 0) is 29.8 Å². The van der Waals surface area contributed by atoms with Crippen LogP contribution in [0.2, 0.25) is 5.02 Å². The Hall–Kier alpha value is -2.83. The topological polar surface area (TPSA) is 52.0 Å². The van der Waals surface area contributed by atoms with Gasteiger partial charge in [-0.2, -0.15) is 0 Å². The first-order valence-electron chi connectivity index (χ1n) is 8.04. The van der Waals surface area contributed by atoms with Crippen LogP contribution in [-0.4, -0.2) is 15.3 Å². The summed E-state index contributed by atoms with van der Waals surface area (Å²) in [7, 11) is 0. The van der Waals surface area contributed by atoms with Gasteiger partial charge >= 0.3 is 0 Å². The summed E-state index contributed by atoms with van der Waals surface area (Å²) in [5.74, 6) is -0.856. The van der Waals surface area contributed by atoms with E-state index < -0.39 is 5.82 Å². The third-order valence-corrected chi connectivity index (χ3v) is 5.31. The molecule has 0 aliphatic carbocycles. The number of rotatable bonds is 4. The number of aromatic nitrogens is 2. The smallest absolute Gasteiger partial charge is 0.263 e. The Bertz CT molecular complexity index is 1210. The molecule has 134 valence electrons. The molecule has 4 nitrogen and oxygen atoms in total. The molecular formula is C20H12ClFN2O2S. The number of halogens is 2. The molecule has 27 heavy (non-hydrogen) atoms. The second-order valence-electron chi connectivity index (χ2n) is 5.95. The van der Waals surface area contributed by atoms with E-state index in [0.717, 1.165) is 17.2 Å². The summed E-state index contributed by atoms with van der Waals surface area (Å²) in [4.78, 5) is 30.3. The van der Waals surface area contributed by atoms with Crippen molar-refractivity contribution in [2.75, 3.05) is 0 Å². The van der Waals surface area contributed by atoms with Crippen molar-refractivity contribution in [3.05, 3.63) is 87.0 Å². The molecule has 0 N–H and O–H groups in total. The van der Waals surface area contributed by atoms with E-state index in [-0.39, 0.29) is 23.5 Å². The highest BCUT2D eigenvalue weighted by Gasteiger charge is 2.15. The van der Waals surface area contributed by atoms with Crippen molar-refractivity contribution in [2.45, 2.75) is 6.54 Å². The zero-order valence-corrected chi connectivity index (χ0v) is 15.4. The van der Waals surface area contributed by atoms with Crippen molar-refractivity contribution in [2.24, 2.45) is 0 Å². The molecule has 0 atom stereocenters. The molecule has 0 saturated heterocycles. The maximum Gasteiger partial charge on any atom is 0.263 e. The highest BCUT2D eigenvalue weighted by atomic mass is 35.5. The lowest BCUT2D eigenvalue weighted by Gasteiger charge is -2.06. The molecule has 2 aromatic heterocycles. The van der Waals surface area contributed by atoms with E-state index in [1.807, 2.05) is 17.5 Å². The van der Waals surface area contributed by atoms with Crippen molar-refractivity contribution in [3.63, 3.8) is 0 Å². The summed E-state index contributed by atoms with van der Waals surface area (Å²) in [6.45, 7) is -0.207. The average Bonchev–Trinajstić information content (AvgIpc) is 3.09. The van der Waals surface area contributed by atoms with Gasteiger partial charge in [-0.3, -0.25) is 14.2 Å². The number of carbonyl (C=O) groups is 1. The zero-order chi connectivity index (χ0) is 19.0. The lowest BCUT2D eigenvalue weighted by atomic mass is 10.1. The van der Waals surface area contributed by atoms with Gasteiger partial charge in [0.1, 0.15) is 10.6 Å². The number of nitrogens with zero attached hydrogens (tertiary/aromatic N) is 2. The van der Waals surface area contributed by atoms with Gasteiger partial charge in [0.15, 0.2) is 5.78 Å². The third-order valence-electron chi connectivity index (χ3n) is 4.18. The predicted octanol–water partition coefficient (Wildman–Crippen LogP) is 4.80. The van der Waals surface area contributed by atoms with Crippen LogP contribution in [0.3, 0.4) is 0 Å². The van der Waals surface area contributed by atoms with Crippen molar-refractivity contribution in [1.82, 2.24) is 9.55 Å². The maximum absolute atomic E-state index is 13.3. The Morgan fingerprint density at radius 2 is 1.96 bits per heavy atom. The fourth-order valence-corrected chi connectivity index (χ4v) is 3.86. The normalized spacial score (nSPS) is 11.0. The lowest BCUT2D eigenvalue weighted by molar-refractivity contribution is 0.0970. The van der Waals surface area contributed by atoms with Gasteiger partial charge < -0.3 is 0 Å². The number of carbonyl (C=O) groups excluding carboxylic acids is 1. The van der Waals surface area contributed by atoms with Crippen LogP contribution in [0.5, 0.6) is 0 Å². The molecule has 4 rings (SSSR count). The second-order valence-corrected chi connectivity index (χ2v) is 7.24. The van der Waals surface area contributed by atoms with Crippen molar-refractivity contribution >= 4 is 38.9 Å². The first-order valence-corrected chi connectivity index (χ1v) is 9.30. The van der Waals surface area contributed by atoms with Gasteiger partial charge in [0.05, 0.1) is 18.3 Å². The number of ketones is 1. The highest BCUT2D eigenvalue weighted by Crippen LogP contribution is 2.31. The molecule has 0 amide bonds. The second kappa shape index (κ2) is 7.06. The van der Waals surface area contributed by atoms with Gasteiger partial charge in [-0.1, -0.05) is 35.9 Å². The number of hydrogen-bond donors (Lipinski definition) is 0. The minimum Gasteiger partial charge on any atom is -0.292 e. The van der Waals surface area contributed by atoms with Gasteiger partial charge in [0.25, 0.3) is 5.56 Å². The van der Waals surface area contributed by atoms with Gasteiger partial charge in [-0.15, -0.1) is 11.3 Å². The van der Waals surface area contributed by atoms with Crippen LogP contribution in [0.25, 0.3) is 21.3 Å². The number of hydrogen-bond acceptors (Lipinski definition) is 4. The summed E-state index contributed by atoms with van der Waals surface area (Å²) in [5, 5.41) is 2.92. The minimum absolute atomic E-state index is 0.207. The molecule has 0 radical (unpaired) electrons. The molecule has 0 bridgehead atoms. The van der Waals surface area contributed by atoms with Crippen LogP contribution in [0.1, 0.15) is 10.4 Å². The summed E-state index contributed by atoms with van der Waals surface area (Å²) < 4.78 is 14.6. The van der Waals surface area contributed by atoms with E-state index in [1.165, 1.54) is 40.4 Å². The van der Waals surface area contributed by atoms with E-state index in [0.29, 0.717) is 15.2 Å². The Morgan fingerprint density at radius 1 is 1.19 bits per heavy atom. The average molecular weight is 399 g/mol. The molecule has 0 aliphatic rings. The Labute approximate surface area is 162 Å². The number of thiophene rings is 1. The number of Topliss-reactive ketones (excluding diaryl/α,β-unsaturated/α-hetero) is 1. The quantitative estimate of drug-likeness (QED) is 0.464. The Kier molecular flexibility index (Phi) is 4.59. The molecular weight excluding hydrogens is 387 g/mol. The third kappa shape index (κ3) is 3.41. The van der Waals surface area contributed by atoms with Crippen LogP contribution >= 0.6 is 22.9 Å². The van der Waals surface area contributed by atoms with Gasteiger partial charge in [0.2, 0.25) is 0 Å². The first kappa shape index (κ1) is 17.6. The van der Waals surface area contributed by atoms with Crippen molar-refractivity contribution in [3.8, 4) is 11.1 Å². The SMILES string of the molecule is O=C(Cn1cnc2scc(-c3ccc(Cl)cc3)c2c1=O)c1cccc(F)c1. The maximum atomic E-state index is 13.3. The van der Waals surface area contributed by atoms with E-state index in [2.05, 4.69) is 4.98 Å². The van der Waals surface area contributed by atoms with Crippen LogP contribution in [0.4, 0.5) is 4.39 Å². The number of benzene rings is 2. The molecule has 2 aromatic carbocycles. The lowest BCUT2D eigenvalue weighted by Crippen LogP contribution is -2.24.